The molecule has 5 nitrogen and oxygen atoms in total. The lowest BCUT2D eigenvalue weighted by molar-refractivity contribution is -0.131. The molecule has 116 valence electrons. The van der Waals surface area contributed by atoms with E-state index in [0.717, 1.165) is 11.1 Å². The molecule has 0 unspecified atom stereocenters. The first-order valence-electron chi connectivity index (χ1n) is 6.92. The lowest BCUT2D eigenvalue weighted by atomic mass is 9.85. The van der Waals surface area contributed by atoms with Crippen molar-refractivity contribution in [3.8, 4) is 5.75 Å². The molecule has 1 amide bonds. The van der Waals surface area contributed by atoms with E-state index in [1.54, 1.807) is 6.92 Å². The second-order valence-corrected chi connectivity index (χ2v) is 5.86. The van der Waals surface area contributed by atoms with Crippen molar-refractivity contribution in [1.82, 2.24) is 0 Å². The highest BCUT2D eigenvalue weighted by Crippen LogP contribution is 2.35. The van der Waals surface area contributed by atoms with Gasteiger partial charge in [-0.2, -0.15) is 0 Å². The third-order valence-corrected chi connectivity index (χ3v) is 2.90. The van der Waals surface area contributed by atoms with Crippen molar-refractivity contribution in [2.75, 3.05) is 11.9 Å². The molecule has 1 aromatic rings. The summed E-state index contributed by atoms with van der Waals surface area (Å²) in [4.78, 5) is 22.9. The van der Waals surface area contributed by atoms with Gasteiger partial charge in [-0.15, -0.1) is 0 Å². The molecular weight excluding hydrogens is 270 g/mol. The summed E-state index contributed by atoms with van der Waals surface area (Å²) in [5.41, 5.74) is 2.16. The van der Waals surface area contributed by atoms with E-state index in [4.69, 9.17) is 9.47 Å². The van der Waals surface area contributed by atoms with Gasteiger partial charge in [-0.25, -0.2) is 4.79 Å². The summed E-state index contributed by atoms with van der Waals surface area (Å²) < 4.78 is 10.1. The van der Waals surface area contributed by atoms with Crippen LogP contribution in [0.2, 0.25) is 0 Å². The number of nitrogens with one attached hydrogen (secondary N) is 1. The second kappa shape index (κ2) is 6.61. The molecule has 0 aliphatic heterocycles. The lowest BCUT2D eigenvalue weighted by Gasteiger charge is -2.22. The fourth-order valence-electron chi connectivity index (χ4n) is 1.86. The number of hydrogen-bond acceptors (Lipinski definition) is 4. The Labute approximate surface area is 125 Å². The van der Waals surface area contributed by atoms with Gasteiger partial charge in [0.25, 0.3) is 0 Å². The van der Waals surface area contributed by atoms with Crippen LogP contribution in [-0.2, 0) is 14.9 Å². The molecule has 0 heterocycles. The van der Waals surface area contributed by atoms with Crippen LogP contribution in [0.25, 0.3) is 0 Å². The van der Waals surface area contributed by atoms with Crippen LogP contribution in [0.4, 0.5) is 10.5 Å². The van der Waals surface area contributed by atoms with Crippen molar-refractivity contribution in [1.29, 1.82) is 0 Å². The summed E-state index contributed by atoms with van der Waals surface area (Å²) in [6.07, 6.45) is -0.573. The fourth-order valence-corrected chi connectivity index (χ4v) is 1.86. The zero-order valence-electron chi connectivity index (χ0n) is 13.5. The first-order valence-corrected chi connectivity index (χ1v) is 6.92. The van der Waals surface area contributed by atoms with Crippen molar-refractivity contribution in [2.24, 2.45) is 0 Å². The third-order valence-electron chi connectivity index (χ3n) is 2.90. The van der Waals surface area contributed by atoms with E-state index in [1.165, 1.54) is 6.92 Å². The Morgan fingerprint density at radius 3 is 2.33 bits per heavy atom. The van der Waals surface area contributed by atoms with Gasteiger partial charge in [0.05, 0.1) is 12.3 Å². The van der Waals surface area contributed by atoms with Crippen LogP contribution in [0.15, 0.2) is 12.1 Å². The summed E-state index contributed by atoms with van der Waals surface area (Å²) in [6.45, 7) is 11.4. The Hall–Kier alpha value is -2.04. The van der Waals surface area contributed by atoms with Gasteiger partial charge in [0.15, 0.2) is 5.75 Å². The monoisotopic (exact) mass is 293 g/mol. The van der Waals surface area contributed by atoms with Crippen LogP contribution >= 0.6 is 0 Å². The van der Waals surface area contributed by atoms with E-state index in [0.29, 0.717) is 11.4 Å². The molecule has 1 rings (SSSR count). The largest absolute Gasteiger partial charge is 0.450 e. The van der Waals surface area contributed by atoms with Crippen molar-refractivity contribution >= 4 is 17.7 Å². The Bertz CT molecular complexity index is 544. The molecule has 5 heteroatoms. The van der Waals surface area contributed by atoms with Gasteiger partial charge in [0.1, 0.15) is 0 Å². The maximum Gasteiger partial charge on any atom is 0.411 e. The van der Waals surface area contributed by atoms with Crippen LogP contribution < -0.4 is 10.1 Å². The average molecular weight is 293 g/mol. The van der Waals surface area contributed by atoms with Crippen molar-refractivity contribution in [3.05, 3.63) is 23.3 Å². The standard InChI is InChI=1S/C16H23NO4/c1-7-20-15(19)17-13-9-12(16(4,5)6)8-10(2)14(13)21-11(3)18/h8-9H,7H2,1-6H3,(H,17,19). The van der Waals surface area contributed by atoms with E-state index in [1.807, 2.05) is 19.1 Å². The van der Waals surface area contributed by atoms with Gasteiger partial charge in [-0.05, 0) is 36.5 Å². The highest BCUT2D eigenvalue weighted by atomic mass is 16.6. The number of carbonyl (C=O) groups excluding carboxylic acids is 2. The Kier molecular flexibility index (Phi) is 5.35. The van der Waals surface area contributed by atoms with E-state index < -0.39 is 12.1 Å². The fraction of sp³-hybridized carbons (Fsp3) is 0.500. The molecule has 0 atom stereocenters. The number of carbonyl (C=O) groups is 2. The van der Waals surface area contributed by atoms with Gasteiger partial charge >= 0.3 is 12.1 Å². The summed E-state index contributed by atoms with van der Waals surface area (Å²) in [7, 11) is 0. The number of anilines is 1. The minimum atomic E-state index is -0.573. The predicted octanol–water partition coefficient (Wildman–Crippen LogP) is 3.79. The van der Waals surface area contributed by atoms with E-state index in [2.05, 4.69) is 26.1 Å². The van der Waals surface area contributed by atoms with Gasteiger partial charge in [-0.1, -0.05) is 26.8 Å². The number of ether oxygens (including phenoxy) is 2. The van der Waals surface area contributed by atoms with Gasteiger partial charge < -0.3 is 9.47 Å². The molecule has 0 aliphatic carbocycles. The Balaban J connectivity index is 3.29. The molecule has 0 saturated carbocycles. The smallest absolute Gasteiger partial charge is 0.411 e. The van der Waals surface area contributed by atoms with Crippen molar-refractivity contribution in [3.63, 3.8) is 0 Å². The SMILES string of the molecule is CCOC(=O)Nc1cc(C(C)(C)C)cc(C)c1OC(C)=O. The van der Waals surface area contributed by atoms with E-state index in [-0.39, 0.29) is 12.0 Å². The molecule has 1 N–H and O–H groups in total. The van der Waals surface area contributed by atoms with E-state index in [9.17, 15) is 9.59 Å². The third kappa shape index (κ3) is 4.77. The average Bonchev–Trinajstić information content (AvgIpc) is 2.31. The molecule has 0 saturated heterocycles. The Morgan fingerprint density at radius 1 is 1.24 bits per heavy atom. The normalized spacial score (nSPS) is 11.0. The molecule has 0 aromatic heterocycles. The predicted molar refractivity (Wildman–Crippen MR) is 81.8 cm³/mol. The van der Waals surface area contributed by atoms with Crippen LogP contribution in [0.3, 0.4) is 0 Å². The number of aryl methyl sites for hydroxylation is 1. The van der Waals surface area contributed by atoms with Gasteiger partial charge in [0.2, 0.25) is 0 Å². The van der Waals surface area contributed by atoms with Crippen LogP contribution in [0.5, 0.6) is 5.75 Å². The van der Waals surface area contributed by atoms with Gasteiger partial charge in [0, 0.05) is 6.92 Å². The number of esters is 1. The molecule has 0 fully saturated rings. The van der Waals surface area contributed by atoms with Crippen LogP contribution in [0, 0.1) is 6.92 Å². The lowest BCUT2D eigenvalue weighted by Crippen LogP contribution is -2.18. The first-order chi connectivity index (χ1) is 9.65. The molecule has 1 aromatic carbocycles. The Morgan fingerprint density at radius 2 is 1.86 bits per heavy atom. The summed E-state index contributed by atoms with van der Waals surface area (Å²) >= 11 is 0. The maximum atomic E-state index is 11.6. The van der Waals surface area contributed by atoms with E-state index >= 15 is 0 Å². The zero-order chi connectivity index (χ0) is 16.2. The second-order valence-electron chi connectivity index (χ2n) is 5.86. The van der Waals surface area contributed by atoms with Gasteiger partial charge in [-0.3, -0.25) is 10.1 Å². The summed E-state index contributed by atoms with van der Waals surface area (Å²) in [5, 5.41) is 2.63. The molecule has 0 aliphatic rings. The number of amides is 1. The number of rotatable bonds is 3. The summed E-state index contributed by atoms with van der Waals surface area (Å²) in [5.74, 6) is -0.0860. The maximum absolute atomic E-state index is 11.6. The topological polar surface area (TPSA) is 64.6 Å². The highest BCUT2D eigenvalue weighted by Gasteiger charge is 2.20. The number of benzene rings is 1. The molecule has 21 heavy (non-hydrogen) atoms. The van der Waals surface area contributed by atoms with Crippen LogP contribution in [-0.4, -0.2) is 18.7 Å². The summed E-state index contributed by atoms with van der Waals surface area (Å²) in [6, 6.07) is 3.76. The molecule has 0 bridgehead atoms. The quantitative estimate of drug-likeness (QED) is 0.680. The zero-order valence-corrected chi connectivity index (χ0v) is 13.5. The number of hydrogen-bond donors (Lipinski definition) is 1. The highest BCUT2D eigenvalue weighted by molar-refractivity contribution is 5.88. The van der Waals surface area contributed by atoms with Crippen molar-refractivity contribution < 1.29 is 19.1 Å². The molecule has 0 radical (unpaired) electrons. The van der Waals surface area contributed by atoms with Crippen LogP contribution in [0.1, 0.15) is 45.7 Å². The first kappa shape index (κ1) is 17.0. The molecular formula is C16H23NO4. The van der Waals surface area contributed by atoms with Crippen molar-refractivity contribution in [2.45, 2.75) is 47.0 Å². The minimum Gasteiger partial charge on any atom is -0.450 e. The molecule has 0 spiro atoms. The minimum absolute atomic E-state index is 0.0927.